The summed E-state index contributed by atoms with van der Waals surface area (Å²) in [4.78, 5) is 26.0. The summed E-state index contributed by atoms with van der Waals surface area (Å²) in [6.07, 6.45) is 1.69. The van der Waals surface area contributed by atoms with Gasteiger partial charge in [0.1, 0.15) is 5.69 Å². The number of likely N-dealkylation sites (N-methyl/N-ethyl adjacent to an activating group) is 1. The third kappa shape index (κ3) is 4.23. The molecule has 27 heavy (non-hydrogen) atoms. The topological polar surface area (TPSA) is 67.2 Å². The van der Waals surface area contributed by atoms with E-state index in [1.54, 1.807) is 25.0 Å². The van der Waals surface area contributed by atoms with Gasteiger partial charge in [-0.15, -0.1) is 0 Å². The van der Waals surface area contributed by atoms with Crippen molar-refractivity contribution >= 4 is 11.8 Å². The number of para-hydroxylation sites is 1. The molecular formula is C21H22N4O2. The summed E-state index contributed by atoms with van der Waals surface area (Å²) in [5.74, 6) is -0.501. The van der Waals surface area contributed by atoms with E-state index in [1.807, 2.05) is 61.5 Å². The van der Waals surface area contributed by atoms with Crippen LogP contribution in [0.1, 0.15) is 15.9 Å². The van der Waals surface area contributed by atoms with Crippen molar-refractivity contribution in [2.75, 3.05) is 20.6 Å². The molecule has 1 heterocycles. The van der Waals surface area contributed by atoms with Crippen LogP contribution >= 0.6 is 0 Å². The SMILES string of the molecule is Cc1ccc(-c2nn(-c3ccccc3)cc2C(=O)NCC(=O)N(C)C)cc1. The smallest absolute Gasteiger partial charge is 0.255 e. The minimum atomic E-state index is -0.331. The molecule has 0 aliphatic heterocycles. The van der Waals surface area contributed by atoms with Gasteiger partial charge >= 0.3 is 0 Å². The zero-order valence-electron chi connectivity index (χ0n) is 15.6. The Morgan fingerprint density at radius 3 is 2.33 bits per heavy atom. The quantitative estimate of drug-likeness (QED) is 0.759. The number of hydrogen-bond donors (Lipinski definition) is 1. The average Bonchev–Trinajstić information content (AvgIpc) is 3.12. The van der Waals surface area contributed by atoms with Gasteiger partial charge in [-0.25, -0.2) is 4.68 Å². The predicted octanol–water partition coefficient (Wildman–Crippen LogP) is 2.67. The van der Waals surface area contributed by atoms with E-state index in [0.29, 0.717) is 11.3 Å². The minimum absolute atomic E-state index is 0.0598. The standard InChI is InChI=1S/C21H22N4O2/c1-15-9-11-16(12-10-15)20-18(21(27)22-13-19(26)24(2)3)14-25(23-20)17-7-5-4-6-8-17/h4-12,14H,13H2,1-3H3,(H,22,27). The van der Waals surface area contributed by atoms with Crippen LogP contribution in [0.4, 0.5) is 0 Å². The van der Waals surface area contributed by atoms with Gasteiger partial charge in [-0.1, -0.05) is 48.0 Å². The molecule has 0 radical (unpaired) electrons. The van der Waals surface area contributed by atoms with Crippen molar-refractivity contribution in [1.29, 1.82) is 0 Å². The number of rotatable bonds is 5. The predicted molar refractivity (Wildman–Crippen MR) is 105 cm³/mol. The number of nitrogens with one attached hydrogen (secondary N) is 1. The van der Waals surface area contributed by atoms with E-state index >= 15 is 0 Å². The summed E-state index contributed by atoms with van der Waals surface area (Å²) in [6.45, 7) is 1.95. The zero-order chi connectivity index (χ0) is 19.4. The summed E-state index contributed by atoms with van der Waals surface area (Å²) < 4.78 is 1.68. The Labute approximate surface area is 158 Å². The molecule has 2 amide bonds. The molecule has 0 saturated heterocycles. The van der Waals surface area contributed by atoms with Gasteiger partial charge in [0.15, 0.2) is 0 Å². The van der Waals surface area contributed by atoms with Crippen LogP contribution in [0.15, 0.2) is 60.8 Å². The number of carbonyl (C=O) groups excluding carboxylic acids is 2. The van der Waals surface area contributed by atoms with Crippen LogP contribution in [0.5, 0.6) is 0 Å². The van der Waals surface area contributed by atoms with Crippen LogP contribution < -0.4 is 5.32 Å². The number of hydrogen-bond acceptors (Lipinski definition) is 3. The van der Waals surface area contributed by atoms with E-state index in [2.05, 4.69) is 10.4 Å². The third-order valence-corrected chi connectivity index (χ3v) is 4.20. The van der Waals surface area contributed by atoms with Gasteiger partial charge < -0.3 is 10.2 Å². The highest BCUT2D eigenvalue weighted by Crippen LogP contribution is 2.24. The second-order valence-electron chi connectivity index (χ2n) is 6.51. The van der Waals surface area contributed by atoms with Crippen molar-refractivity contribution in [3.8, 4) is 16.9 Å². The maximum absolute atomic E-state index is 12.7. The van der Waals surface area contributed by atoms with Crippen LogP contribution in [-0.2, 0) is 4.79 Å². The Hall–Kier alpha value is -3.41. The van der Waals surface area contributed by atoms with Crippen molar-refractivity contribution in [3.63, 3.8) is 0 Å². The monoisotopic (exact) mass is 362 g/mol. The molecule has 1 aromatic heterocycles. The van der Waals surface area contributed by atoms with Crippen molar-refractivity contribution in [3.05, 3.63) is 71.9 Å². The third-order valence-electron chi connectivity index (χ3n) is 4.20. The highest BCUT2D eigenvalue weighted by atomic mass is 16.2. The first-order chi connectivity index (χ1) is 13.0. The molecule has 0 unspecified atom stereocenters. The summed E-state index contributed by atoms with van der Waals surface area (Å²) in [5.41, 5.74) is 3.83. The minimum Gasteiger partial charge on any atom is -0.347 e. The molecular weight excluding hydrogens is 340 g/mol. The van der Waals surface area contributed by atoms with Crippen LogP contribution in [0.2, 0.25) is 0 Å². The van der Waals surface area contributed by atoms with Crippen molar-refractivity contribution in [2.45, 2.75) is 6.92 Å². The number of aromatic nitrogens is 2. The Morgan fingerprint density at radius 1 is 1.04 bits per heavy atom. The van der Waals surface area contributed by atoms with Gasteiger partial charge in [-0.2, -0.15) is 5.10 Å². The second-order valence-corrected chi connectivity index (χ2v) is 6.51. The summed E-state index contributed by atoms with van der Waals surface area (Å²) >= 11 is 0. The molecule has 0 bridgehead atoms. The molecule has 0 atom stereocenters. The van der Waals surface area contributed by atoms with E-state index in [0.717, 1.165) is 16.8 Å². The highest BCUT2D eigenvalue weighted by molar-refractivity contribution is 6.01. The number of aryl methyl sites for hydroxylation is 1. The largest absolute Gasteiger partial charge is 0.347 e. The number of carbonyl (C=O) groups is 2. The van der Waals surface area contributed by atoms with E-state index in [1.165, 1.54) is 4.90 Å². The average molecular weight is 362 g/mol. The van der Waals surface area contributed by atoms with Gasteiger partial charge in [-0.05, 0) is 19.1 Å². The molecule has 0 aliphatic rings. The van der Waals surface area contributed by atoms with Gasteiger partial charge in [0.25, 0.3) is 5.91 Å². The Morgan fingerprint density at radius 2 is 1.70 bits per heavy atom. The molecule has 0 fully saturated rings. The van der Waals surface area contributed by atoms with Crippen molar-refractivity contribution < 1.29 is 9.59 Å². The highest BCUT2D eigenvalue weighted by Gasteiger charge is 2.19. The fourth-order valence-electron chi connectivity index (χ4n) is 2.59. The lowest BCUT2D eigenvalue weighted by atomic mass is 10.1. The molecule has 1 N–H and O–H groups in total. The molecule has 3 rings (SSSR count). The van der Waals surface area contributed by atoms with E-state index in [9.17, 15) is 9.59 Å². The van der Waals surface area contributed by atoms with Gasteiger partial charge in [0.2, 0.25) is 5.91 Å². The van der Waals surface area contributed by atoms with Crippen LogP contribution in [0, 0.1) is 6.92 Å². The molecule has 0 spiro atoms. The molecule has 2 aromatic carbocycles. The maximum atomic E-state index is 12.7. The Bertz CT molecular complexity index is 944. The Balaban J connectivity index is 1.97. The summed E-state index contributed by atoms with van der Waals surface area (Å²) in [7, 11) is 3.30. The number of nitrogens with zero attached hydrogens (tertiary/aromatic N) is 3. The number of benzene rings is 2. The van der Waals surface area contributed by atoms with Crippen LogP contribution in [-0.4, -0.2) is 47.1 Å². The van der Waals surface area contributed by atoms with Crippen LogP contribution in [0.25, 0.3) is 16.9 Å². The van der Waals surface area contributed by atoms with Gasteiger partial charge in [0.05, 0.1) is 17.8 Å². The van der Waals surface area contributed by atoms with Crippen molar-refractivity contribution in [1.82, 2.24) is 20.0 Å². The molecule has 138 valence electrons. The lowest BCUT2D eigenvalue weighted by Crippen LogP contribution is -2.36. The maximum Gasteiger partial charge on any atom is 0.255 e. The van der Waals surface area contributed by atoms with Crippen molar-refractivity contribution in [2.24, 2.45) is 0 Å². The van der Waals surface area contributed by atoms with E-state index in [4.69, 9.17) is 0 Å². The molecule has 6 heteroatoms. The first-order valence-electron chi connectivity index (χ1n) is 8.66. The normalized spacial score (nSPS) is 10.5. The fraction of sp³-hybridized carbons (Fsp3) is 0.190. The Kier molecular flexibility index (Phi) is 5.35. The summed E-state index contributed by atoms with van der Waals surface area (Å²) in [5, 5.41) is 7.31. The first kappa shape index (κ1) is 18.4. The zero-order valence-corrected chi connectivity index (χ0v) is 15.6. The lowest BCUT2D eigenvalue weighted by Gasteiger charge is -2.10. The van der Waals surface area contributed by atoms with E-state index in [-0.39, 0.29) is 18.4 Å². The lowest BCUT2D eigenvalue weighted by molar-refractivity contribution is -0.127. The summed E-state index contributed by atoms with van der Waals surface area (Å²) in [6, 6.07) is 17.4. The second kappa shape index (κ2) is 7.86. The molecule has 0 aliphatic carbocycles. The van der Waals surface area contributed by atoms with E-state index < -0.39 is 0 Å². The first-order valence-corrected chi connectivity index (χ1v) is 8.66. The molecule has 3 aromatic rings. The molecule has 0 saturated carbocycles. The van der Waals surface area contributed by atoms with Gasteiger partial charge in [0, 0.05) is 25.9 Å². The fourth-order valence-corrected chi connectivity index (χ4v) is 2.59. The molecule has 6 nitrogen and oxygen atoms in total. The van der Waals surface area contributed by atoms with Gasteiger partial charge in [-0.3, -0.25) is 9.59 Å². The van der Waals surface area contributed by atoms with Crippen LogP contribution in [0.3, 0.4) is 0 Å². The number of amides is 2.